The highest BCUT2D eigenvalue weighted by Gasteiger charge is 2.29. The number of carbonyl (C=O) groups excluding carboxylic acids is 1. The summed E-state index contributed by atoms with van der Waals surface area (Å²) in [6.07, 6.45) is 4.42. The van der Waals surface area contributed by atoms with Gasteiger partial charge in [0.05, 0.1) is 4.88 Å². The molecule has 1 saturated heterocycles. The van der Waals surface area contributed by atoms with Crippen molar-refractivity contribution in [2.24, 2.45) is 0 Å². The zero-order chi connectivity index (χ0) is 18.8. The van der Waals surface area contributed by atoms with Crippen molar-refractivity contribution in [2.75, 3.05) is 24.5 Å². The normalized spacial score (nSPS) is 15.4. The number of aryl methyl sites for hydroxylation is 1. The molecule has 0 unspecified atom stereocenters. The van der Waals surface area contributed by atoms with E-state index in [2.05, 4.69) is 37.9 Å². The van der Waals surface area contributed by atoms with Crippen LogP contribution >= 0.6 is 11.3 Å². The van der Waals surface area contributed by atoms with Crippen molar-refractivity contribution in [3.05, 3.63) is 40.5 Å². The van der Waals surface area contributed by atoms with Gasteiger partial charge in [-0.15, -0.1) is 11.3 Å². The number of fused-ring (bicyclic) bond motifs is 1. The molecule has 3 aromatic rings. The summed E-state index contributed by atoms with van der Waals surface area (Å²) >= 11 is 1.52. The van der Waals surface area contributed by atoms with Crippen LogP contribution in [0.4, 0.5) is 5.82 Å². The lowest BCUT2D eigenvalue weighted by Gasteiger charge is -2.39. The van der Waals surface area contributed by atoms with E-state index >= 15 is 0 Å². The molecule has 1 fully saturated rings. The summed E-state index contributed by atoms with van der Waals surface area (Å²) in [4.78, 5) is 26.8. The Morgan fingerprint density at radius 3 is 2.89 bits per heavy atom. The molecule has 1 aliphatic heterocycles. The van der Waals surface area contributed by atoms with Crippen LogP contribution in [0.25, 0.3) is 5.78 Å². The Balaban J connectivity index is 1.50. The number of anilines is 1. The average Bonchev–Trinajstić information content (AvgIpc) is 3.37. The van der Waals surface area contributed by atoms with E-state index < -0.39 is 0 Å². The molecule has 0 N–H and O–H groups in total. The van der Waals surface area contributed by atoms with Crippen molar-refractivity contribution in [1.82, 2.24) is 24.5 Å². The number of amides is 1. The van der Waals surface area contributed by atoms with Crippen molar-refractivity contribution in [2.45, 2.75) is 39.2 Å². The molecule has 4 heterocycles. The second-order valence-electron chi connectivity index (χ2n) is 6.92. The van der Waals surface area contributed by atoms with Gasteiger partial charge in [0, 0.05) is 37.4 Å². The van der Waals surface area contributed by atoms with Crippen LogP contribution in [0, 0.1) is 6.92 Å². The van der Waals surface area contributed by atoms with Gasteiger partial charge in [-0.25, -0.2) is 4.98 Å². The van der Waals surface area contributed by atoms with Gasteiger partial charge in [-0.1, -0.05) is 13.0 Å². The van der Waals surface area contributed by atoms with Gasteiger partial charge in [0.2, 0.25) is 0 Å². The molecule has 142 valence electrons. The average molecular weight is 385 g/mol. The molecule has 0 aliphatic carbocycles. The zero-order valence-electron chi connectivity index (χ0n) is 15.7. The van der Waals surface area contributed by atoms with Crippen LogP contribution in [0.3, 0.4) is 0 Å². The fourth-order valence-corrected chi connectivity index (χ4v) is 4.45. The molecule has 3 aromatic heterocycles. The lowest BCUT2D eigenvalue weighted by Crippen LogP contribution is -2.48. The summed E-state index contributed by atoms with van der Waals surface area (Å²) < 4.78 is 1.80. The van der Waals surface area contributed by atoms with Crippen molar-refractivity contribution >= 4 is 28.8 Å². The van der Waals surface area contributed by atoms with Crippen LogP contribution in [0.1, 0.15) is 41.6 Å². The maximum absolute atomic E-state index is 12.9. The van der Waals surface area contributed by atoms with E-state index in [4.69, 9.17) is 0 Å². The number of hydrogen-bond acceptors (Lipinski definition) is 6. The first-order valence-corrected chi connectivity index (χ1v) is 10.3. The van der Waals surface area contributed by atoms with E-state index in [0.717, 1.165) is 55.3 Å². The van der Waals surface area contributed by atoms with Gasteiger partial charge in [0.15, 0.2) is 0 Å². The van der Waals surface area contributed by atoms with E-state index in [9.17, 15) is 4.79 Å². The van der Waals surface area contributed by atoms with E-state index in [0.29, 0.717) is 5.78 Å². The van der Waals surface area contributed by atoms with Crippen LogP contribution in [0.15, 0.2) is 29.9 Å². The Bertz CT molecular complexity index is 914. The Morgan fingerprint density at radius 1 is 1.37 bits per heavy atom. The number of carbonyl (C=O) groups is 1. The third-order valence-electron chi connectivity index (χ3n) is 5.05. The maximum atomic E-state index is 12.9. The standard InChI is InChI=1S/C19H24N6OS/c1-3-8-24(18(26)16-5-4-11-27-16)15-6-9-23(10-7-15)17-12-14(2)22-19-20-13-21-25(17)19/h4-5,11-13,15H,3,6-10H2,1-2H3. The number of thiophene rings is 1. The van der Waals surface area contributed by atoms with E-state index in [1.165, 1.54) is 11.3 Å². The number of rotatable bonds is 5. The van der Waals surface area contributed by atoms with Crippen molar-refractivity contribution in [3.63, 3.8) is 0 Å². The van der Waals surface area contributed by atoms with Gasteiger partial charge in [0.1, 0.15) is 12.1 Å². The minimum atomic E-state index is 0.170. The van der Waals surface area contributed by atoms with Gasteiger partial charge in [-0.3, -0.25) is 4.79 Å². The molecular weight excluding hydrogens is 360 g/mol. The SMILES string of the molecule is CCCN(C(=O)c1cccs1)C1CCN(c2cc(C)nc3ncnn23)CC1. The lowest BCUT2D eigenvalue weighted by molar-refractivity contribution is 0.0655. The molecular formula is C19H24N6OS. The van der Waals surface area contributed by atoms with Crippen LogP contribution in [0.2, 0.25) is 0 Å². The molecule has 8 heteroatoms. The predicted octanol–water partition coefficient (Wildman–Crippen LogP) is 3.02. The topological polar surface area (TPSA) is 66.6 Å². The second-order valence-corrected chi connectivity index (χ2v) is 7.87. The Hall–Kier alpha value is -2.48. The second kappa shape index (κ2) is 7.64. The molecule has 27 heavy (non-hydrogen) atoms. The summed E-state index contributed by atoms with van der Waals surface area (Å²) in [7, 11) is 0. The third kappa shape index (κ3) is 3.53. The van der Waals surface area contributed by atoms with E-state index in [1.807, 2.05) is 24.4 Å². The Kier molecular flexibility index (Phi) is 5.07. The molecule has 0 radical (unpaired) electrons. The largest absolute Gasteiger partial charge is 0.356 e. The minimum absolute atomic E-state index is 0.170. The molecule has 0 spiro atoms. The van der Waals surface area contributed by atoms with Crippen LogP contribution < -0.4 is 4.90 Å². The molecule has 7 nitrogen and oxygen atoms in total. The van der Waals surface area contributed by atoms with Gasteiger partial charge in [-0.05, 0) is 37.6 Å². The quantitative estimate of drug-likeness (QED) is 0.676. The highest BCUT2D eigenvalue weighted by atomic mass is 32.1. The number of aromatic nitrogens is 4. The van der Waals surface area contributed by atoms with Gasteiger partial charge >= 0.3 is 0 Å². The van der Waals surface area contributed by atoms with Gasteiger partial charge in [0.25, 0.3) is 11.7 Å². The highest BCUT2D eigenvalue weighted by Crippen LogP contribution is 2.25. The zero-order valence-corrected chi connectivity index (χ0v) is 16.5. The number of piperidine rings is 1. The summed E-state index contributed by atoms with van der Waals surface area (Å²) in [5, 5.41) is 6.29. The van der Waals surface area contributed by atoms with E-state index in [-0.39, 0.29) is 11.9 Å². The smallest absolute Gasteiger partial charge is 0.264 e. The fourth-order valence-electron chi connectivity index (χ4n) is 3.78. The summed E-state index contributed by atoms with van der Waals surface area (Å²) in [5.41, 5.74) is 0.938. The predicted molar refractivity (Wildman–Crippen MR) is 106 cm³/mol. The molecule has 4 rings (SSSR count). The third-order valence-corrected chi connectivity index (χ3v) is 5.91. The summed E-state index contributed by atoms with van der Waals surface area (Å²) in [6.45, 7) is 6.70. The van der Waals surface area contributed by atoms with Crippen LogP contribution in [-0.4, -0.2) is 56.1 Å². The molecule has 0 atom stereocenters. The van der Waals surface area contributed by atoms with Crippen molar-refractivity contribution in [1.29, 1.82) is 0 Å². The molecule has 0 bridgehead atoms. The Morgan fingerprint density at radius 2 is 2.19 bits per heavy atom. The first kappa shape index (κ1) is 17.9. The van der Waals surface area contributed by atoms with E-state index in [1.54, 1.807) is 10.8 Å². The van der Waals surface area contributed by atoms with Crippen molar-refractivity contribution < 1.29 is 4.79 Å². The van der Waals surface area contributed by atoms with Crippen LogP contribution in [-0.2, 0) is 0 Å². The molecule has 0 saturated carbocycles. The highest BCUT2D eigenvalue weighted by molar-refractivity contribution is 7.12. The first-order valence-electron chi connectivity index (χ1n) is 9.44. The molecule has 0 aromatic carbocycles. The molecule has 1 aliphatic rings. The first-order chi connectivity index (χ1) is 13.2. The van der Waals surface area contributed by atoms with Crippen molar-refractivity contribution in [3.8, 4) is 0 Å². The monoisotopic (exact) mass is 384 g/mol. The maximum Gasteiger partial charge on any atom is 0.264 e. The summed E-state index contributed by atoms with van der Waals surface area (Å²) in [5.74, 6) is 1.83. The minimum Gasteiger partial charge on any atom is -0.356 e. The van der Waals surface area contributed by atoms with Crippen LogP contribution in [0.5, 0.6) is 0 Å². The lowest BCUT2D eigenvalue weighted by atomic mass is 10.0. The number of nitrogens with zero attached hydrogens (tertiary/aromatic N) is 6. The number of hydrogen-bond donors (Lipinski definition) is 0. The molecule has 1 amide bonds. The van der Waals surface area contributed by atoms with Gasteiger partial charge in [-0.2, -0.15) is 14.6 Å². The van der Waals surface area contributed by atoms with Gasteiger partial charge < -0.3 is 9.80 Å². The fraction of sp³-hybridized carbons (Fsp3) is 0.474. The Labute approximate surface area is 162 Å². The summed E-state index contributed by atoms with van der Waals surface area (Å²) in [6, 6.07) is 6.21.